The van der Waals surface area contributed by atoms with Gasteiger partial charge in [0.2, 0.25) is 0 Å². The third-order valence-electron chi connectivity index (χ3n) is 2.87. The summed E-state index contributed by atoms with van der Waals surface area (Å²) in [6.07, 6.45) is 0.665. The summed E-state index contributed by atoms with van der Waals surface area (Å²) in [5.74, 6) is -0.409. The van der Waals surface area contributed by atoms with Crippen LogP contribution in [0.3, 0.4) is 0 Å². The summed E-state index contributed by atoms with van der Waals surface area (Å²) in [7, 11) is 1.85. The number of halogens is 1. The molecule has 4 heteroatoms. The number of carbonyl (C=O) groups excluding carboxylic acids is 1. The van der Waals surface area contributed by atoms with Crippen LogP contribution in [-0.2, 0) is 6.54 Å². The van der Waals surface area contributed by atoms with Crippen LogP contribution in [0, 0.1) is 12.7 Å². The van der Waals surface area contributed by atoms with Crippen LogP contribution < -0.4 is 4.90 Å². The zero-order valence-electron chi connectivity index (χ0n) is 10.9. The fourth-order valence-electron chi connectivity index (χ4n) is 1.98. The number of aryl methyl sites for hydroxylation is 1. The summed E-state index contributed by atoms with van der Waals surface area (Å²) in [4.78, 5) is 17.3. The Bertz CT molecular complexity index is 598. The second-order valence-corrected chi connectivity index (χ2v) is 4.45. The number of rotatable bonds is 4. The summed E-state index contributed by atoms with van der Waals surface area (Å²) < 4.78 is 13.1. The average Bonchev–Trinajstić information content (AvgIpc) is 2.38. The molecule has 3 nitrogen and oxygen atoms in total. The molecule has 2 rings (SSSR count). The maximum Gasteiger partial charge on any atom is 0.152 e. The van der Waals surface area contributed by atoms with Gasteiger partial charge in [-0.3, -0.25) is 9.78 Å². The molecule has 0 aliphatic heterocycles. The molecular weight excluding hydrogens is 243 g/mol. The fraction of sp³-hybridized carbons (Fsp3) is 0.200. The number of hydrogen-bond acceptors (Lipinski definition) is 3. The summed E-state index contributed by atoms with van der Waals surface area (Å²) >= 11 is 0. The van der Waals surface area contributed by atoms with Gasteiger partial charge in [0, 0.05) is 24.0 Å². The van der Waals surface area contributed by atoms with Gasteiger partial charge in [0.15, 0.2) is 6.29 Å². The van der Waals surface area contributed by atoms with Gasteiger partial charge in [0.1, 0.15) is 5.82 Å². The molecular formula is C15H15FN2O. The van der Waals surface area contributed by atoms with Crippen LogP contribution >= 0.6 is 0 Å². The number of pyridine rings is 1. The summed E-state index contributed by atoms with van der Waals surface area (Å²) in [5, 5.41) is 0. The van der Waals surface area contributed by atoms with Crippen LogP contribution in [-0.4, -0.2) is 18.3 Å². The topological polar surface area (TPSA) is 33.2 Å². The molecule has 0 amide bonds. The highest BCUT2D eigenvalue weighted by Gasteiger charge is 2.09. The van der Waals surface area contributed by atoms with Crippen LogP contribution in [0.1, 0.15) is 21.7 Å². The van der Waals surface area contributed by atoms with Gasteiger partial charge in [-0.15, -0.1) is 0 Å². The van der Waals surface area contributed by atoms with E-state index in [-0.39, 0.29) is 0 Å². The molecule has 0 atom stereocenters. The number of benzene rings is 1. The molecule has 0 aliphatic carbocycles. The molecule has 0 spiro atoms. The summed E-state index contributed by atoms with van der Waals surface area (Å²) in [6.45, 7) is 2.49. The Morgan fingerprint density at radius 1 is 1.32 bits per heavy atom. The molecule has 0 unspecified atom stereocenters. The standard InChI is InChI=1S/C15H15FN2O/c1-11-4-3-5-14(17-11)9-18(2)15-7-6-13(16)8-12(15)10-19/h3-8,10H,9H2,1-2H3. The summed E-state index contributed by atoms with van der Waals surface area (Å²) in [5.41, 5.74) is 2.89. The Labute approximate surface area is 111 Å². The molecule has 2 aromatic rings. The largest absolute Gasteiger partial charge is 0.368 e. The number of anilines is 1. The number of hydrogen-bond donors (Lipinski definition) is 0. The lowest BCUT2D eigenvalue weighted by atomic mass is 10.1. The van der Waals surface area contributed by atoms with E-state index in [1.807, 2.05) is 37.1 Å². The Balaban J connectivity index is 2.24. The highest BCUT2D eigenvalue weighted by atomic mass is 19.1. The Kier molecular flexibility index (Phi) is 3.90. The number of aromatic nitrogens is 1. The first kappa shape index (κ1) is 13.2. The molecule has 0 fully saturated rings. The van der Waals surface area contributed by atoms with E-state index in [9.17, 15) is 9.18 Å². The van der Waals surface area contributed by atoms with Crippen molar-refractivity contribution in [2.75, 3.05) is 11.9 Å². The van der Waals surface area contributed by atoms with E-state index in [1.54, 1.807) is 6.07 Å². The van der Waals surface area contributed by atoms with Gasteiger partial charge in [-0.2, -0.15) is 0 Å². The van der Waals surface area contributed by atoms with Gasteiger partial charge in [-0.1, -0.05) is 6.07 Å². The second kappa shape index (κ2) is 5.61. The molecule has 1 aromatic heterocycles. The van der Waals surface area contributed by atoms with Gasteiger partial charge in [-0.25, -0.2) is 4.39 Å². The van der Waals surface area contributed by atoms with Crippen LogP contribution in [0.15, 0.2) is 36.4 Å². The lowest BCUT2D eigenvalue weighted by Crippen LogP contribution is -2.19. The van der Waals surface area contributed by atoms with Crippen molar-refractivity contribution in [2.45, 2.75) is 13.5 Å². The minimum absolute atomic E-state index is 0.343. The molecule has 1 heterocycles. The highest BCUT2D eigenvalue weighted by molar-refractivity contribution is 5.84. The third-order valence-corrected chi connectivity index (χ3v) is 2.87. The Hall–Kier alpha value is -2.23. The van der Waals surface area contributed by atoms with Crippen LogP contribution in [0.4, 0.5) is 10.1 Å². The molecule has 0 N–H and O–H groups in total. The van der Waals surface area contributed by atoms with Crippen molar-refractivity contribution in [1.82, 2.24) is 4.98 Å². The number of aldehydes is 1. The number of nitrogens with zero attached hydrogens (tertiary/aromatic N) is 2. The predicted molar refractivity (Wildman–Crippen MR) is 72.9 cm³/mol. The zero-order valence-corrected chi connectivity index (χ0v) is 10.9. The van der Waals surface area contributed by atoms with E-state index in [1.165, 1.54) is 12.1 Å². The van der Waals surface area contributed by atoms with Crippen molar-refractivity contribution >= 4 is 12.0 Å². The first-order valence-electron chi connectivity index (χ1n) is 5.98. The van der Waals surface area contributed by atoms with Crippen LogP contribution in [0.25, 0.3) is 0 Å². The molecule has 0 aliphatic rings. The van der Waals surface area contributed by atoms with Crippen molar-refractivity contribution in [3.05, 3.63) is 59.2 Å². The number of carbonyl (C=O) groups is 1. The molecule has 19 heavy (non-hydrogen) atoms. The van der Waals surface area contributed by atoms with Crippen molar-refractivity contribution < 1.29 is 9.18 Å². The quantitative estimate of drug-likeness (QED) is 0.790. The monoisotopic (exact) mass is 258 g/mol. The van der Waals surface area contributed by atoms with Crippen LogP contribution in [0.5, 0.6) is 0 Å². The lowest BCUT2D eigenvalue weighted by molar-refractivity contribution is 0.112. The van der Waals surface area contributed by atoms with E-state index in [0.717, 1.165) is 11.4 Å². The van der Waals surface area contributed by atoms with E-state index < -0.39 is 5.82 Å². The minimum atomic E-state index is -0.409. The average molecular weight is 258 g/mol. The molecule has 0 saturated heterocycles. The van der Waals surface area contributed by atoms with Crippen molar-refractivity contribution in [2.24, 2.45) is 0 Å². The van der Waals surface area contributed by atoms with Gasteiger partial charge in [0.05, 0.1) is 12.2 Å². The van der Waals surface area contributed by atoms with E-state index in [4.69, 9.17) is 0 Å². The Morgan fingerprint density at radius 3 is 2.79 bits per heavy atom. The first-order chi connectivity index (χ1) is 9.10. The smallest absolute Gasteiger partial charge is 0.152 e. The molecule has 98 valence electrons. The third kappa shape index (κ3) is 3.16. The van der Waals surface area contributed by atoms with Crippen LogP contribution in [0.2, 0.25) is 0 Å². The fourth-order valence-corrected chi connectivity index (χ4v) is 1.98. The lowest BCUT2D eigenvalue weighted by Gasteiger charge is -2.20. The van der Waals surface area contributed by atoms with Crippen molar-refractivity contribution in [3.8, 4) is 0 Å². The highest BCUT2D eigenvalue weighted by Crippen LogP contribution is 2.20. The Morgan fingerprint density at radius 2 is 2.11 bits per heavy atom. The van der Waals surface area contributed by atoms with Crippen molar-refractivity contribution in [1.29, 1.82) is 0 Å². The SMILES string of the molecule is Cc1cccc(CN(C)c2ccc(F)cc2C=O)n1. The normalized spacial score (nSPS) is 10.3. The van der Waals surface area contributed by atoms with E-state index in [0.29, 0.717) is 24.1 Å². The minimum Gasteiger partial charge on any atom is -0.368 e. The van der Waals surface area contributed by atoms with Crippen molar-refractivity contribution in [3.63, 3.8) is 0 Å². The summed E-state index contributed by atoms with van der Waals surface area (Å²) in [6, 6.07) is 9.99. The molecule has 0 bridgehead atoms. The van der Waals surface area contributed by atoms with Gasteiger partial charge in [0.25, 0.3) is 0 Å². The van der Waals surface area contributed by atoms with Gasteiger partial charge < -0.3 is 4.90 Å². The molecule has 1 aromatic carbocycles. The van der Waals surface area contributed by atoms with E-state index >= 15 is 0 Å². The molecule has 0 radical (unpaired) electrons. The van der Waals surface area contributed by atoms with E-state index in [2.05, 4.69) is 4.98 Å². The maximum absolute atomic E-state index is 13.1. The predicted octanol–water partition coefficient (Wildman–Crippen LogP) is 2.98. The first-order valence-corrected chi connectivity index (χ1v) is 5.98. The second-order valence-electron chi connectivity index (χ2n) is 4.45. The van der Waals surface area contributed by atoms with Gasteiger partial charge >= 0.3 is 0 Å². The zero-order chi connectivity index (χ0) is 13.8. The molecule has 0 saturated carbocycles. The maximum atomic E-state index is 13.1. The van der Waals surface area contributed by atoms with Gasteiger partial charge in [-0.05, 0) is 37.3 Å².